The fourth-order valence-corrected chi connectivity index (χ4v) is 3.84. The first-order valence-corrected chi connectivity index (χ1v) is 10.2. The highest BCUT2D eigenvalue weighted by molar-refractivity contribution is 9.10. The van der Waals surface area contributed by atoms with Crippen molar-refractivity contribution in [1.82, 2.24) is 14.1 Å². The molecule has 0 saturated heterocycles. The van der Waals surface area contributed by atoms with Gasteiger partial charge in [0.1, 0.15) is 5.82 Å². The third kappa shape index (κ3) is 3.27. The number of nitrogen functional groups attached to an aromatic ring is 1. The highest BCUT2D eigenvalue weighted by atomic mass is 79.9. The van der Waals surface area contributed by atoms with Crippen LogP contribution in [0, 0.1) is 6.92 Å². The van der Waals surface area contributed by atoms with Gasteiger partial charge < -0.3 is 5.73 Å². The van der Waals surface area contributed by atoms with E-state index in [4.69, 9.17) is 5.73 Å². The van der Waals surface area contributed by atoms with Gasteiger partial charge in [-0.2, -0.15) is 0 Å². The molecule has 29 heavy (non-hydrogen) atoms. The fraction of sp³-hybridized carbons (Fsp3) is 0.217. The summed E-state index contributed by atoms with van der Waals surface area (Å²) in [5, 5.41) is 0. The van der Waals surface area contributed by atoms with Crippen LogP contribution in [-0.4, -0.2) is 14.1 Å². The molecule has 0 bridgehead atoms. The van der Waals surface area contributed by atoms with E-state index in [1.165, 1.54) is 0 Å². The molecular formula is C23H23BrN4O. The minimum atomic E-state index is -0.200. The van der Waals surface area contributed by atoms with E-state index in [0.717, 1.165) is 26.6 Å². The standard InChI is InChI=1S/C23H23BrN4O/c1-14-6-5-7-18(21(14)25)27-19-13-16(24)8-9-17(19)28(22(27)29)20-12-15(10-11-26-20)23(2,3)4/h5-13H,25H2,1-4H3. The third-order valence-electron chi connectivity index (χ3n) is 5.18. The van der Waals surface area contributed by atoms with Gasteiger partial charge in [-0.15, -0.1) is 0 Å². The van der Waals surface area contributed by atoms with Gasteiger partial charge in [0.2, 0.25) is 0 Å². The van der Waals surface area contributed by atoms with Crippen LogP contribution in [0.3, 0.4) is 0 Å². The molecule has 0 atom stereocenters. The van der Waals surface area contributed by atoms with Crippen molar-refractivity contribution in [3.63, 3.8) is 0 Å². The van der Waals surface area contributed by atoms with Gasteiger partial charge in [0.25, 0.3) is 0 Å². The molecule has 148 valence electrons. The van der Waals surface area contributed by atoms with Crippen molar-refractivity contribution >= 4 is 32.7 Å². The molecule has 2 N–H and O–H groups in total. The third-order valence-corrected chi connectivity index (χ3v) is 5.68. The molecule has 5 nitrogen and oxygen atoms in total. The molecule has 2 heterocycles. The Bertz CT molecular complexity index is 1290. The SMILES string of the molecule is Cc1cccc(-n2c(=O)n(-c3cc(C(C)(C)C)ccn3)c3ccc(Br)cc32)c1N. The van der Waals surface area contributed by atoms with E-state index < -0.39 is 0 Å². The predicted molar refractivity (Wildman–Crippen MR) is 122 cm³/mol. The Labute approximate surface area is 177 Å². The van der Waals surface area contributed by atoms with Gasteiger partial charge in [0.05, 0.1) is 22.4 Å². The van der Waals surface area contributed by atoms with E-state index in [9.17, 15) is 4.79 Å². The molecule has 0 aliphatic heterocycles. The molecule has 0 amide bonds. The van der Waals surface area contributed by atoms with E-state index in [2.05, 4.69) is 41.7 Å². The number of para-hydroxylation sites is 1. The van der Waals surface area contributed by atoms with Crippen molar-refractivity contribution in [2.45, 2.75) is 33.1 Å². The smallest absolute Gasteiger partial charge is 0.339 e. The van der Waals surface area contributed by atoms with Gasteiger partial charge in [0.15, 0.2) is 0 Å². The molecular weight excluding hydrogens is 428 g/mol. The molecule has 0 fully saturated rings. The number of hydrogen-bond donors (Lipinski definition) is 1. The van der Waals surface area contributed by atoms with Crippen LogP contribution in [-0.2, 0) is 5.41 Å². The monoisotopic (exact) mass is 450 g/mol. The van der Waals surface area contributed by atoms with E-state index in [1.807, 2.05) is 55.5 Å². The average molecular weight is 451 g/mol. The van der Waals surface area contributed by atoms with E-state index in [1.54, 1.807) is 15.3 Å². The highest BCUT2D eigenvalue weighted by Gasteiger charge is 2.21. The Kier molecular flexibility index (Phi) is 4.62. The number of rotatable bonds is 2. The number of fused-ring (bicyclic) bond motifs is 1. The molecule has 0 radical (unpaired) electrons. The van der Waals surface area contributed by atoms with Crippen LogP contribution in [0.1, 0.15) is 31.9 Å². The van der Waals surface area contributed by atoms with Crippen LogP contribution in [0.2, 0.25) is 0 Å². The van der Waals surface area contributed by atoms with Crippen molar-refractivity contribution < 1.29 is 0 Å². The summed E-state index contributed by atoms with van der Waals surface area (Å²) < 4.78 is 4.20. The summed E-state index contributed by atoms with van der Waals surface area (Å²) >= 11 is 3.53. The van der Waals surface area contributed by atoms with E-state index in [-0.39, 0.29) is 11.1 Å². The lowest BCUT2D eigenvalue weighted by Crippen LogP contribution is -2.24. The Morgan fingerprint density at radius 1 is 1.00 bits per heavy atom. The predicted octanol–water partition coefficient (Wildman–Crippen LogP) is 5.13. The van der Waals surface area contributed by atoms with E-state index >= 15 is 0 Å². The summed E-state index contributed by atoms with van der Waals surface area (Å²) in [5.41, 5.74) is 10.9. The quantitative estimate of drug-likeness (QED) is 0.430. The molecule has 2 aromatic carbocycles. The largest absolute Gasteiger partial charge is 0.397 e. The Hall–Kier alpha value is -2.86. The van der Waals surface area contributed by atoms with Crippen molar-refractivity contribution in [2.24, 2.45) is 0 Å². The normalized spacial score (nSPS) is 11.9. The molecule has 4 aromatic rings. The number of imidazole rings is 1. The molecule has 4 rings (SSSR count). The lowest BCUT2D eigenvalue weighted by atomic mass is 9.88. The lowest BCUT2D eigenvalue weighted by Gasteiger charge is -2.19. The van der Waals surface area contributed by atoms with Crippen LogP contribution in [0.25, 0.3) is 22.5 Å². The second kappa shape index (κ2) is 6.88. The zero-order valence-corrected chi connectivity index (χ0v) is 18.5. The maximum atomic E-state index is 13.6. The van der Waals surface area contributed by atoms with Crippen LogP contribution in [0.15, 0.2) is 64.0 Å². The molecule has 0 aliphatic rings. The first kappa shape index (κ1) is 19.5. The number of nitrogens with two attached hydrogens (primary N) is 1. The lowest BCUT2D eigenvalue weighted by molar-refractivity contribution is 0.588. The zero-order valence-electron chi connectivity index (χ0n) is 16.9. The second-order valence-electron chi connectivity index (χ2n) is 8.25. The summed E-state index contributed by atoms with van der Waals surface area (Å²) in [6, 6.07) is 15.5. The van der Waals surface area contributed by atoms with Gasteiger partial charge >= 0.3 is 5.69 Å². The summed E-state index contributed by atoms with van der Waals surface area (Å²) in [6.07, 6.45) is 1.76. The summed E-state index contributed by atoms with van der Waals surface area (Å²) in [6.45, 7) is 8.36. The van der Waals surface area contributed by atoms with Gasteiger partial charge in [-0.1, -0.05) is 48.8 Å². The van der Waals surface area contributed by atoms with Gasteiger partial charge in [0, 0.05) is 10.7 Å². The number of pyridine rings is 1. The molecule has 6 heteroatoms. The fourth-order valence-electron chi connectivity index (χ4n) is 3.49. The van der Waals surface area contributed by atoms with Crippen LogP contribution < -0.4 is 11.4 Å². The zero-order chi connectivity index (χ0) is 20.9. The number of aryl methyl sites for hydroxylation is 1. The molecule has 0 aliphatic carbocycles. The summed E-state index contributed by atoms with van der Waals surface area (Å²) in [4.78, 5) is 18.2. The minimum absolute atomic E-state index is 0.0519. The van der Waals surface area contributed by atoms with Crippen molar-refractivity contribution in [2.75, 3.05) is 5.73 Å². The number of aromatic nitrogens is 3. The Balaban J connectivity index is 2.09. The number of halogens is 1. The molecule has 2 aromatic heterocycles. The number of anilines is 1. The summed E-state index contributed by atoms with van der Waals surface area (Å²) in [5.74, 6) is 0.597. The highest BCUT2D eigenvalue weighted by Crippen LogP contribution is 2.29. The number of hydrogen-bond acceptors (Lipinski definition) is 3. The van der Waals surface area contributed by atoms with Gasteiger partial charge in [-0.3, -0.25) is 4.57 Å². The van der Waals surface area contributed by atoms with Crippen LogP contribution in [0.5, 0.6) is 0 Å². The van der Waals surface area contributed by atoms with Crippen LogP contribution in [0.4, 0.5) is 5.69 Å². The number of nitrogens with zero attached hydrogens (tertiary/aromatic N) is 3. The number of benzene rings is 2. The van der Waals surface area contributed by atoms with Gasteiger partial charge in [-0.25, -0.2) is 14.3 Å². The Morgan fingerprint density at radius 2 is 1.76 bits per heavy atom. The topological polar surface area (TPSA) is 65.8 Å². The molecule has 0 saturated carbocycles. The maximum Gasteiger partial charge on any atom is 0.339 e. The summed E-state index contributed by atoms with van der Waals surface area (Å²) in [7, 11) is 0. The minimum Gasteiger partial charge on any atom is -0.397 e. The van der Waals surface area contributed by atoms with E-state index in [0.29, 0.717) is 17.2 Å². The first-order chi connectivity index (χ1) is 13.7. The van der Waals surface area contributed by atoms with Gasteiger partial charge in [-0.05, 0) is 59.9 Å². The van der Waals surface area contributed by atoms with Crippen LogP contribution >= 0.6 is 15.9 Å². The maximum absolute atomic E-state index is 13.6. The average Bonchev–Trinajstić information content (AvgIpc) is 2.94. The molecule has 0 unspecified atom stereocenters. The first-order valence-electron chi connectivity index (χ1n) is 9.44. The Morgan fingerprint density at radius 3 is 2.48 bits per heavy atom. The van der Waals surface area contributed by atoms with Crippen molar-refractivity contribution in [3.05, 3.63) is 80.8 Å². The second-order valence-corrected chi connectivity index (χ2v) is 9.16. The van der Waals surface area contributed by atoms with Crippen molar-refractivity contribution in [3.8, 4) is 11.5 Å². The van der Waals surface area contributed by atoms with Crippen molar-refractivity contribution in [1.29, 1.82) is 0 Å². The molecule has 0 spiro atoms.